The van der Waals surface area contributed by atoms with Crippen molar-refractivity contribution in [2.45, 2.75) is 45.6 Å². The van der Waals surface area contributed by atoms with E-state index in [2.05, 4.69) is 15.3 Å². The van der Waals surface area contributed by atoms with E-state index >= 15 is 0 Å². The first-order valence-electron chi connectivity index (χ1n) is 7.44. The summed E-state index contributed by atoms with van der Waals surface area (Å²) in [6.45, 7) is 3.97. The van der Waals surface area contributed by atoms with Crippen LogP contribution in [0.2, 0.25) is 0 Å². The molecule has 0 aromatic carbocycles. The summed E-state index contributed by atoms with van der Waals surface area (Å²) in [5.41, 5.74) is 1.12. The first kappa shape index (κ1) is 13.3. The fraction of sp³-hybridized carbons (Fsp3) is 0.667. The van der Waals surface area contributed by atoms with E-state index in [1.54, 1.807) is 13.1 Å². The molecule has 3 rings (SSSR count). The molecule has 20 heavy (non-hydrogen) atoms. The number of carbonyl (C=O) groups is 1. The molecule has 3 unspecified atom stereocenters. The third-order valence-electron chi connectivity index (χ3n) is 4.53. The van der Waals surface area contributed by atoms with Crippen LogP contribution in [-0.4, -0.2) is 28.6 Å². The lowest BCUT2D eigenvalue weighted by Gasteiger charge is -2.23. The molecule has 1 N–H and O–H groups in total. The van der Waals surface area contributed by atoms with Crippen molar-refractivity contribution < 1.29 is 9.53 Å². The van der Waals surface area contributed by atoms with E-state index in [9.17, 15) is 4.79 Å². The smallest absolute Gasteiger partial charge is 0.341 e. The molecule has 1 aromatic heterocycles. The minimum atomic E-state index is -0.350. The molecule has 5 heteroatoms. The second-order valence-electron chi connectivity index (χ2n) is 5.84. The van der Waals surface area contributed by atoms with Gasteiger partial charge in [0.2, 0.25) is 5.95 Å². The van der Waals surface area contributed by atoms with E-state index < -0.39 is 0 Å². The van der Waals surface area contributed by atoms with Gasteiger partial charge in [0.05, 0.1) is 17.9 Å². The van der Waals surface area contributed by atoms with Crippen LogP contribution in [0.4, 0.5) is 5.95 Å². The lowest BCUT2D eigenvalue weighted by Crippen LogP contribution is -2.27. The van der Waals surface area contributed by atoms with Gasteiger partial charge >= 0.3 is 5.97 Å². The summed E-state index contributed by atoms with van der Waals surface area (Å²) < 4.78 is 4.98. The molecule has 5 nitrogen and oxygen atoms in total. The SMILES string of the molecule is CCOC(=O)c1cnc(NC2CC3CCC2C3)nc1C. The highest BCUT2D eigenvalue weighted by molar-refractivity contribution is 5.90. The van der Waals surface area contributed by atoms with E-state index in [0.29, 0.717) is 29.9 Å². The predicted octanol–water partition coefficient (Wildman–Crippen LogP) is 2.56. The summed E-state index contributed by atoms with van der Waals surface area (Å²) in [4.78, 5) is 20.4. The number of carbonyl (C=O) groups excluding carboxylic acids is 1. The van der Waals surface area contributed by atoms with Crippen molar-refractivity contribution in [1.82, 2.24) is 9.97 Å². The van der Waals surface area contributed by atoms with E-state index in [4.69, 9.17) is 4.74 Å². The molecule has 2 aliphatic carbocycles. The van der Waals surface area contributed by atoms with Gasteiger partial charge in [-0.05, 0) is 44.9 Å². The van der Waals surface area contributed by atoms with Gasteiger partial charge in [0.15, 0.2) is 0 Å². The molecule has 0 aliphatic heterocycles. The summed E-state index contributed by atoms with van der Waals surface area (Å²) >= 11 is 0. The number of nitrogens with one attached hydrogen (secondary N) is 1. The molecule has 1 aromatic rings. The standard InChI is InChI=1S/C15H21N3O2/c1-3-20-14(19)12-8-16-15(17-9(12)2)18-13-7-10-4-5-11(13)6-10/h8,10-11,13H,3-7H2,1-2H3,(H,16,17,18). The molecule has 2 aliphatic rings. The van der Waals surface area contributed by atoms with Crippen molar-refractivity contribution in [3.8, 4) is 0 Å². The summed E-state index contributed by atoms with van der Waals surface area (Å²) in [7, 11) is 0. The molecule has 0 amide bonds. The Balaban J connectivity index is 1.69. The van der Waals surface area contributed by atoms with Gasteiger partial charge in [0.1, 0.15) is 0 Å². The Bertz CT molecular complexity index is 518. The number of ether oxygens (including phenoxy) is 1. The lowest BCUT2D eigenvalue weighted by atomic mass is 9.95. The van der Waals surface area contributed by atoms with Crippen molar-refractivity contribution in [2.75, 3.05) is 11.9 Å². The Morgan fingerprint density at radius 2 is 2.30 bits per heavy atom. The van der Waals surface area contributed by atoms with Crippen LogP contribution in [0.25, 0.3) is 0 Å². The Morgan fingerprint density at radius 1 is 1.45 bits per heavy atom. The maximum atomic E-state index is 11.7. The lowest BCUT2D eigenvalue weighted by molar-refractivity contribution is 0.0524. The van der Waals surface area contributed by atoms with Crippen molar-refractivity contribution in [1.29, 1.82) is 0 Å². The van der Waals surface area contributed by atoms with Crippen molar-refractivity contribution in [3.05, 3.63) is 17.5 Å². The maximum absolute atomic E-state index is 11.7. The van der Waals surface area contributed by atoms with Crippen molar-refractivity contribution >= 4 is 11.9 Å². The number of anilines is 1. The topological polar surface area (TPSA) is 64.1 Å². The van der Waals surface area contributed by atoms with Crippen LogP contribution in [-0.2, 0) is 4.74 Å². The molecule has 0 radical (unpaired) electrons. The fourth-order valence-electron chi connectivity index (χ4n) is 3.53. The molecular formula is C15H21N3O2. The van der Waals surface area contributed by atoms with Crippen molar-refractivity contribution in [2.24, 2.45) is 11.8 Å². The normalized spacial score (nSPS) is 27.6. The highest BCUT2D eigenvalue weighted by atomic mass is 16.5. The number of esters is 1. The second-order valence-corrected chi connectivity index (χ2v) is 5.84. The van der Waals surface area contributed by atoms with Crippen LogP contribution in [0.15, 0.2) is 6.20 Å². The Hall–Kier alpha value is -1.65. The summed E-state index contributed by atoms with van der Waals surface area (Å²) in [6.07, 6.45) is 6.84. The van der Waals surface area contributed by atoms with Crippen LogP contribution < -0.4 is 5.32 Å². The van der Waals surface area contributed by atoms with Gasteiger partial charge < -0.3 is 10.1 Å². The number of hydrogen-bond donors (Lipinski definition) is 1. The molecule has 108 valence electrons. The molecular weight excluding hydrogens is 254 g/mol. The molecule has 0 saturated heterocycles. The molecule has 2 saturated carbocycles. The van der Waals surface area contributed by atoms with Gasteiger partial charge in [0.25, 0.3) is 0 Å². The Labute approximate surface area is 119 Å². The van der Waals surface area contributed by atoms with Crippen LogP contribution >= 0.6 is 0 Å². The number of hydrogen-bond acceptors (Lipinski definition) is 5. The zero-order valence-corrected chi connectivity index (χ0v) is 12.1. The van der Waals surface area contributed by atoms with Crippen LogP contribution in [0, 0.1) is 18.8 Å². The molecule has 2 fully saturated rings. The predicted molar refractivity (Wildman–Crippen MR) is 75.6 cm³/mol. The maximum Gasteiger partial charge on any atom is 0.341 e. The van der Waals surface area contributed by atoms with Gasteiger partial charge in [-0.3, -0.25) is 0 Å². The zero-order chi connectivity index (χ0) is 14.1. The van der Waals surface area contributed by atoms with E-state index in [0.717, 1.165) is 11.8 Å². The number of fused-ring (bicyclic) bond motifs is 2. The molecule has 3 atom stereocenters. The fourth-order valence-corrected chi connectivity index (χ4v) is 3.53. The molecule has 2 bridgehead atoms. The molecule has 0 spiro atoms. The van der Waals surface area contributed by atoms with Gasteiger partial charge in [0, 0.05) is 12.2 Å². The minimum Gasteiger partial charge on any atom is -0.462 e. The monoisotopic (exact) mass is 275 g/mol. The summed E-state index contributed by atoms with van der Waals surface area (Å²) in [5.74, 6) is 1.94. The quantitative estimate of drug-likeness (QED) is 0.856. The van der Waals surface area contributed by atoms with Crippen LogP contribution in [0.5, 0.6) is 0 Å². The minimum absolute atomic E-state index is 0.350. The van der Waals surface area contributed by atoms with Crippen LogP contribution in [0.1, 0.15) is 48.7 Å². The third-order valence-corrected chi connectivity index (χ3v) is 4.53. The average molecular weight is 275 g/mol. The van der Waals surface area contributed by atoms with Gasteiger partial charge in [-0.15, -0.1) is 0 Å². The first-order chi connectivity index (χ1) is 9.67. The number of aryl methyl sites for hydroxylation is 1. The van der Waals surface area contributed by atoms with Gasteiger partial charge in [-0.1, -0.05) is 6.42 Å². The largest absolute Gasteiger partial charge is 0.462 e. The summed E-state index contributed by atoms with van der Waals surface area (Å²) in [5, 5.41) is 3.44. The van der Waals surface area contributed by atoms with Gasteiger partial charge in [-0.2, -0.15) is 0 Å². The highest BCUT2D eigenvalue weighted by Crippen LogP contribution is 2.45. The average Bonchev–Trinajstić information content (AvgIpc) is 3.01. The summed E-state index contributed by atoms with van der Waals surface area (Å²) in [6, 6.07) is 0.501. The molecule has 1 heterocycles. The van der Waals surface area contributed by atoms with E-state index in [1.165, 1.54) is 25.7 Å². The van der Waals surface area contributed by atoms with E-state index in [-0.39, 0.29) is 5.97 Å². The van der Waals surface area contributed by atoms with Crippen molar-refractivity contribution in [3.63, 3.8) is 0 Å². The Kier molecular flexibility index (Phi) is 3.59. The van der Waals surface area contributed by atoms with Gasteiger partial charge in [-0.25, -0.2) is 14.8 Å². The number of aromatic nitrogens is 2. The second kappa shape index (κ2) is 5.38. The third kappa shape index (κ3) is 2.49. The number of rotatable bonds is 4. The van der Waals surface area contributed by atoms with Crippen LogP contribution in [0.3, 0.4) is 0 Å². The van der Waals surface area contributed by atoms with E-state index in [1.807, 2.05) is 6.92 Å². The zero-order valence-electron chi connectivity index (χ0n) is 12.1. The Morgan fingerprint density at radius 3 is 2.90 bits per heavy atom. The number of nitrogens with zero attached hydrogens (tertiary/aromatic N) is 2. The first-order valence-corrected chi connectivity index (χ1v) is 7.44. The highest BCUT2D eigenvalue weighted by Gasteiger charge is 2.39.